The summed E-state index contributed by atoms with van der Waals surface area (Å²) in [4.78, 5) is 4.01. The van der Waals surface area contributed by atoms with Gasteiger partial charge in [0.05, 0.1) is 5.69 Å². The fourth-order valence-corrected chi connectivity index (χ4v) is 2.91. The monoisotopic (exact) mass is 431 g/mol. The summed E-state index contributed by atoms with van der Waals surface area (Å²) in [5.41, 5.74) is 0.594. The lowest BCUT2D eigenvalue weighted by atomic mass is 10.2. The molecule has 0 aliphatic rings. The quantitative estimate of drug-likeness (QED) is 0.400. The Morgan fingerprint density at radius 2 is 1.76 bits per heavy atom. The molecule has 2 aromatic carbocycles. The van der Waals surface area contributed by atoms with Crippen molar-refractivity contribution < 1.29 is 17.6 Å². The number of thioether (sulfide) groups is 1. The smallest absolute Gasteiger partial charge is 0.213 e. The molecular formula is C16H10BrF4N3S. The summed E-state index contributed by atoms with van der Waals surface area (Å²) in [5, 5.41) is 3.54. The lowest BCUT2D eigenvalue weighted by Crippen LogP contribution is -2.08. The fourth-order valence-electron chi connectivity index (χ4n) is 2.19. The average Bonchev–Trinajstić information content (AvgIpc) is 3.01. The van der Waals surface area contributed by atoms with Gasteiger partial charge in [-0.2, -0.15) is 13.2 Å². The Hall–Kier alpha value is -1.87. The highest BCUT2D eigenvalue weighted by atomic mass is 79.9. The molecule has 0 bridgehead atoms. The number of alkyl halides is 3. The summed E-state index contributed by atoms with van der Waals surface area (Å²) in [5.74, 6) is -1.83. The highest BCUT2D eigenvalue weighted by Crippen LogP contribution is 2.31. The van der Waals surface area contributed by atoms with Crippen LogP contribution in [0.5, 0.6) is 0 Å². The van der Waals surface area contributed by atoms with E-state index in [2.05, 4.69) is 26.0 Å². The van der Waals surface area contributed by atoms with E-state index in [0.717, 1.165) is 15.2 Å². The molecule has 0 amide bonds. The second kappa shape index (κ2) is 6.80. The number of halogens is 5. The Morgan fingerprint density at radius 1 is 1.08 bits per heavy atom. The van der Waals surface area contributed by atoms with Gasteiger partial charge in [-0.1, -0.05) is 28.1 Å². The van der Waals surface area contributed by atoms with Crippen molar-refractivity contribution in [3.63, 3.8) is 0 Å². The van der Waals surface area contributed by atoms with Crippen LogP contribution in [0.25, 0.3) is 17.1 Å². The minimum atomic E-state index is -4.70. The molecule has 0 N–H and O–H groups in total. The Bertz CT molecular complexity index is 907. The Balaban J connectivity index is 2.19. The molecule has 0 fully saturated rings. The lowest BCUT2D eigenvalue weighted by Gasteiger charge is -2.08. The van der Waals surface area contributed by atoms with Crippen LogP contribution in [0.3, 0.4) is 0 Å². The molecule has 0 saturated heterocycles. The Morgan fingerprint density at radius 3 is 2.32 bits per heavy atom. The maximum Gasteiger partial charge on any atom is 0.453 e. The summed E-state index contributed by atoms with van der Waals surface area (Å²) in [6.45, 7) is 0. The molecule has 0 spiro atoms. The van der Waals surface area contributed by atoms with Gasteiger partial charge in [0.1, 0.15) is 5.82 Å². The van der Waals surface area contributed by atoms with Gasteiger partial charge in [-0.25, -0.2) is 14.1 Å². The summed E-state index contributed by atoms with van der Waals surface area (Å²) < 4.78 is 55.0. The van der Waals surface area contributed by atoms with Crippen molar-refractivity contribution in [1.29, 1.82) is 0 Å². The van der Waals surface area contributed by atoms with Crippen LogP contribution in [0, 0.1) is 5.82 Å². The molecule has 9 heteroatoms. The number of rotatable bonds is 3. The van der Waals surface area contributed by atoms with E-state index in [9.17, 15) is 17.6 Å². The van der Waals surface area contributed by atoms with Crippen LogP contribution in [-0.2, 0) is 6.18 Å². The van der Waals surface area contributed by atoms with E-state index in [-0.39, 0.29) is 11.5 Å². The van der Waals surface area contributed by atoms with Gasteiger partial charge in [0, 0.05) is 21.0 Å². The molecule has 0 unspecified atom stereocenters. The fraction of sp³-hybridized carbons (Fsp3) is 0.125. The molecule has 0 atom stereocenters. The molecule has 0 saturated carbocycles. The van der Waals surface area contributed by atoms with Crippen molar-refractivity contribution in [3.8, 4) is 17.1 Å². The summed E-state index contributed by atoms with van der Waals surface area (Å²) in [7, 11) is 0. The Labute approximate surface area is 153 Å². The molecule has 25 heavy (non-hydrogen) atoms. The first-order chi connectivity index (χ1) is 11.8. The number of hydrogen-bond donors (Lipinski definition) is 0. The van der Waals surface area contributed by atoms with E-state index in [0.29, 0.717) is 10.5 Å². The molecule has 130 valence electrons. The van der Waals surface area contributed by atoms with E-state index in [1.165, 1.54) is 23.9 Å². The maximum atomic E-state index is 14.1. The van der Waals surface area contributed by atoms with Crippen molar-refractivity contribution in [2.45, 2.75) is 11.1 Å². The van der Waals surface area contributed by atoms with Crippen LogP contribution < -0.4 is 0 Å². The summed E-state index contributed by atoms with van der Waals surface area (Å²) >= 11 is 4.47. The lowest BCUT2D eigenvalue weighted by molar-refractivity contribution is -0.144. The van der Waals surface area contributed by atoms with E-state index in [1.54, 1.807) is 30.5 Å². The maximum absolute atomic E-state index is 14.1. The van der Waals surface area contributed by atoms with E-state index in [1.807, 2.05) is 0 Å². The van der Waals surface area contributed by atoms with Gasteiger partial charge >= 0.3 is 6.18 Å². The number of hydrogen-bond acceptors (Lipinski definition) is 3. The van der Waals surface area contributed by atoms with Crippen LogP contribution in [-0.4, -0.2) is 21.0 Å². The van der Waals surface area contributed by atoms with Crippen LogP contribution in [0.15, 0.2) is 51.8 Å². The largest absolute Gasteiger partial charge is 0.453 e. The van der Waals surface area contributed by atoms with Crippen LogP contribution in [0.2, 0.25) is 0 Å². The zero-order valence-electron chi connectivity index (χ0n) is 12.7. The Kier molecular flexibility index (Phi) is 4.88. The van der Waals surface area contributed by atoms with Gasteiger partial charge in [0.2, 0.25) is 0 Å². The van der Waals surface area contributed by atoms with Crippen LogP contribution >= 0.6 is 27.7 Å². The van der Waals surface area contributed by atoms with Gasteiger partial charge in [-0.3, -0.25) is 0 Å². The van der Waals surface area contributed by atoms with Gasteiger partial charge in [0.15, 0.2) is 5.82 Å². The van der Waals surface area contributed by atoms with Crippen molar-refractivity contribution >= 4 is 27.7 Å². The molecular weight excluding hydrogens is 422 g/mol. The molecule has 3 nitrogen and oxygen atoms in total. The molecule has 3 aromatic rings. The molecule has 0 aliphatic carbocycles. The SMILES string of the molecule is CSc1ccc(-n2nc(C(F)(F)F)nc2-c2ccc(Br)cc2)cc1F. The predicted octanol–water partition coefficient (Wildman–Crippen LogP) is 5.58. The van der Waals surface area contributed by atoms with Crippen LogP contribution in [0.4, 0.5) is 17.6 Å². The first kappa shape index (κ1) is 17.9. The summed E-state index contributed by atoms with van der Waals surface area (Å²) in [6, 6.07) is 10.7. The van der Waals surface area contributed by atoms with Crippen molar-refractivity contribution in [2.24, 2.45) is 0 Å². The highest BCUT2D eigenvalue weighted by molar-refractivity contribution is 9.10. The van der Waals surface area contributed by atoms with E-state index >= 15 is 0 Å². The van der Waals surface area contributed by atoms with Gasteiger partial charge < -0.3 is 0 Å². The normalized spacial score (nSPS) is 11.8. The van der Waals surface area contributed by atoms with Gasteiger partial charge in [-0.05, 0) is 30.5 Å². The standard InChI is InChI=1S/C16H10BrF4N3S/c1-25-13-7-6-11(8-12(13)18)24-14(9-2-4-10(17)5-3-9)22-15(23-24)16(19,20)21/h2-8H,1H3. The van der Waals surface area contributed by atoms with Crippen molar-refractivity contribution in [2.75, 3.05) is 6.26 Å². The van der Waals surface area contributed by atoms with Gasteiger partial charge in [-0.15, -0.1) is 16.9 Å². The molecule has 0 radical (unpaired) electrons. The van der Waals surface area contributed by atoms with E-state index < -0.39 is 17.8 Å². The third kappa shape index (κ3) is 3.72. The minimum Gasteiger partial charge on any atom is -0.213 e. The number of nitrogens with zero attached hydrogens (tertiary/aromatic N) is 3. The topological polar surface area (TPSA) is 30.7 Å². The second-order valence-corrected chi connectivity index (χ2v) is 6.76. The van der Waals surface area contributed by atoms with Crippen molar-refractivity contribution in [3.05, 3.63) is 58.6 Å². The first-order valence-corrected chi connectivity index (χ1v) is 8.95. The highest BCUT2D eigenvalue weighted by Gasteiger charge is 2.37. The zero-order chi connectivity index (χ0) is 18.2. The molecule has 3 rings (SSSR count). The number of benzene rings is 2. The first-order valence-electron chi connectivity index (χ1n) is 6.93. The third-order valence-corrected chi connectivity index (χ3v) is 4.64. The van der Waals surface area contributed by atoms with Crippen LogP contribution in [0.1, 0.15) is 5.82 Å². The zero-order valence-corrected chi connectivity index (χ0v) is 15.1. The van der Waals surface area contributed by atoms with E-state index in [4.69, 9.17) is 0 Å². The molecule has 0 aliphatic heterocycles. The molecule has 1 aromatic heterocycles. The van der Waals surface area contributed by atoms with Crippen molar-refractivity contribution in [1.82, 2.24) is 14.8 Å². The second-order valence-electron chi connectivity index (χ2n) is 4.99. The molecule has 1 heterocycles. The predicted molar refractivity (Wildman–Crippen MR) is 91.2 cm³/mol. The third-order valence-electron chi connectivity index (χ3n) is 3.34. The minimum absolute atomic E-state index is 0.0175. The van der Waals surface area contributed by atoms with Gasteiger partial charge in [0.25, 0.3) is 5.82 Å². The number of aromatic nitrogens is 3. The summed E-state index contributed by atoms with van der Waals surface area (Å²) in [6.07, 6.45) is -2.99. The average molecular weight is 432 g/mol.